The van der Waals surface area contributed by atoms with Crippen LogP contribution in [0.15, 0.2) is 71.6 Å². The maximum atomic E-state index is 12.3. The van der Waals surface area contributed by atoms with E-state index in [1.807, 2.05) is 12.1 Å². The third kappa shape index (κ3) is 5.71. The van der Waals surface area contributed by atoms with Crippen LogP contribution in [0.4, 0.5) is 11.4 Å². The molecule has 2 N–H and O–H groups in total. The van der Waals surface area contributed by atoms with E-state index in [1.165, 1.54) is 11.8 Å². The molecule has 0 saturated carbocycles. The lowest BCUT2D eigenvalue weighted by Gasteiger charge is -2.19. The number of benzene rings is 3. The SMILES string of the molecule is O=C(CSc1ccc(NC(=O)c2cccc(Cl)c2)cc1)Nc1ccc2c(c1)OCCO2. The van der Waals surface area contributed by atoms with Gasteiger partial charge in [0.25, 0.3) is 5.91 Å². The highest BCUT2D eigenvalue weighted by Gasteiger charge is 2.13. The van der Waals surface area contributed by atoms with Gasteiger partial charge in [0.05, 0.1) is 5.75 Å². The van der Waals surface area contributed by atoms with Gasteiger partial charge in [-0.15, -0.1) is 11.8 Å². The lowest BCUT2D eigenvalue weighted by atomic mass is 10.2. The zero-order chi connectivity index (χ0) is 21.6. The molecule has 6 nitrogen and oxygen atoms in total. The van der Waals surface area contributed by atoms with Crippen LogP contribution in [0.3, 0.4) is 0 Å². The van der Waals surface area contributed by atoms with Gasteiger partial charge >= 0.3 is 0 Å². The molecule has 0 bridgehead atoms. The van der Waals surface area contributed by atoms with Gasteiger partial charge in [0.1, 0.15) is 13.2 Å². The third-order valence-corrected chi connectivity index (χ3v) is 5.64. The number of rotatable bonds is 6. The second-order valence-corrected chi connectivity index (χ2v) is 8.17. The molecule has 1 heterocycles. The molecular formula is C23H19ClN2O4S. The molecule has 3 aromatic carbocycles. The summed E-state index contributed by atoms with van der Waals surface area (Å²) in [6, 6.07) is 19.4. The fourth-order valence-corrected chi connectivity index (χ4v) is 3.82. The van der Waals surface area contributed by atoms with Gasteiger partial charge in [-0.1, -0.05) is 17.7 Å². The van der Waals surface area contributed by atoms with Gasteiger partial charge in [0.2, 0.25) is 5.91 Å². The number of nitrogens with one attached hydrogen (secondary N) is 2. The molecule has 1 aliphatic heterocycles. The molecule has 0 fully saturated rings. The van der Waals surface area contributed by atoms with E-state index in [1.54, 1.807) is 54.6 Å². The zero-order valence-corrected chi connectivity index (χ0v) is 18.0. The number of ether oxygens (including phenoxy) is 2. The highest BCUT2D eigenvalue weighted by Crippen LogP contribution is 2.32. The maximum absolute atomic E-state index is 12.3. The molecule has 4 rings (SSSR count). The fourth-order valence-electron chi connectivity index (χ4n) is 2.93. The summed E-state index contributed by atoms with van der Waals surface area (Å²) in [4.78, 5) is 25.5. The molecule has 0 radical (unpaired) electrons. The highest BCUT2D eigenvalue weighted by atomic mass is 35.5. The van der Waals surface area contributed by atoms with E-state index >= 15 is 0 Å². The number of hydrogen-bond acceptors (Lipinski definition) is 5. The molecule has 0 saturated heterocycles. The van der Waals surface area contributed by atoms with Gasteiger partial charge in [0, 0.05) is 32.9 Å². The lowest BCUT2D eigenvalue weighted by Crippen LogP contribution is -2.17. The monoisotopic (exact) mass is 454 g/mol. The van der Waals surface area contributed by atoms with Gasteiger partial charge in [-0.3, -0.25) is 9.59 Å². The van der Waals surface area contributed by atoms with Crippen LogP contribution in [-0.2, 0) is 4.79 Å². The first-order chi connectivity index (χ1) is 15.1. The van der Waals surface area contributed by atoms with Crippen LogP contribution in [0.2, 0.25) is 5.02 Å². The summed E-state index contributed by atoms with van der Waals surface area (Å²) in [5, 5.41) is 6.19. The Labute approximate surface area is 188 Å². The maximum Gasteiger partial charge on any atom is 0.255 e. The molecule has 158 valence electrons. The molecule has 0 unspecified atom stereocenters. The van der Waals surface area contributed by atoms with Crippen molar-refractivity contribution in [2.75, 3.05) is 29.6 Å². The summed E-state index contributed by atoms with van der Waals surface area (Å²) in [7, 11) is 0. The number of thioether (sulfide) groups is 1. The van der Waals surface area contributed by atoms with E-state index in [2.05, 4.69) is 10.6 Å². The lowest BCUT2D eigenvalue weighted by molar-refractivity contribution is -0.113. The highest BCUT2D eigenvalue weighted by molar-refractivity contribution is 8.00. The summed E-state index contributed by atoms with van der Waals surface area (Å²) in [6.45, 7) is 1.02. The number of anilines is 2. The number of halogens is 1. The second kappa shape index (κ2) is 9.76. The topological polar surface area (TPSA) is 76.7 Å². The fraction of sp³-hybridized carbons (Fsp3) is 0.130. The summed E-state index contributed by atoms with van der Waals surface area (Å²) >= 11 is 7.33. The predicted molar refractivity (Wildman–Crippen MR) is 123 cm³/mol. The van der Waals surface area contributed by atoms with E-state index in [-0.39, 0.29) is 17.6 Å². The van der Waals surface area contributed by atoms with Crippen molar-refractivity contribution in [3.63, 3.8) is 0 Å². The number of carbonyl (C=O) groups is 2. The first kappa shape index (κ1) is 21.1. The summed E-state index contributed by atoms with van der Waals surface area (Å²) in [6.07, 6.45) is 0. The molecule has 8 heteroatoms. The van der Waals surface area contributed by atoms with Crippen molar-refractivity contribution < 1.29 is 19.1 Å². The number of carbonyl (C=O) groups excluding carboxylic acids is 2. The van der Waals surface area contributed by atoms with Crippen LogP contribution in [0.25, 0.3) is 0 Å². The number of fused-ring (bicyclic) bond motifs is 1. The first-order valence-electron chi connectivity index (χ1n) is 9.56. The minimum Gasteiger partial charge on any atom is -0.486 e. The molecule has 1 aliphatic rings. The Balaban J connectivity index is 1.28. The van der Waals surface area contributed by atoms with Gasteiger partial charge in [0.15, 0.2) is 11.5 Å². The van der Waals surface area contributed by atoms with Gasteiger partial charge in [-0.05, 0) is 54.6 Å². The van der Waals surface area contributed by atoms with Crippen LogP contribution >= 0.6 is 23.4 Å². The van der Waals surface area contributed by atoms with Crippen molar-refractivity contribution in [3.8, 4) is 11.5 Å². The van der Waals surface area contributed by atoms with E-state index < -0.39 is 0 Å². The quantitative estimate of drug-likeness (QED) is 0.507. The van der Waals surface area contributed by atoms with Crippen LogP contribution in [0.5, 0.6) is 11.5 Å². The van der Waals surface area contributed by atoms with Crippen LogP contribution in [0, 0.1) is 0 Å². The minimum atomic E-state index is -0.235. The summed E-state index contributed by atoms with van der Waals surface area (Å²) < 4.78 is 11.0. The standard InChI is InChI=1S/C23H19ClN2O4S/c24-16-3-1-2-15(12-16)23(28)26-17-4-7-19(8-5-17)31-14-22(27)25-18-6-9-20-21(13-18)30-11-10-29-20/h1-9,12-13H,10-11,14H2,(H,25,27)(H,26,28). The van der Waals surface area contributed by atoms with Gasteiger partial charge < -0.3 is 20.1 Å². The Kier molecular flexibility index (Phi) is 6.64. The Morgan fingerprint density at radius 1 is 0.871 bits per heavy atom. The van der Waals surface area contributed by atoms with E-state index in [0.717, 1.165) is 4.90 Å². The van der Waals surface area contributed by atoms with Crippen LogP contribution in [-0.4, -0.2) is 30.8 Å². The predicted octanol–water partition coefficient (Wildman–Crippen LogP) is 5.09. The van der Waals surface area contributed by atoms with E-state index in [9.17, 15) is 9.59 Å². The smallest absolute Gasteiger partial charge is 0.255 e. The molecule has 0 aliphatic carbocycles. The van der Waals surface area contributed by atoms with Crippen molar-refractivity contribution in [3.05, 3.63) is 77.3 Å². The molecular weight excluding hydrogens is 436 g/mol. The number of amides is 2. The van der Waals surface area contributed by atoms with Crippen molar-refractivity contribution in [1.29, 1.82) is 0 Å². The summed E-state index contributed by atoms with van der Waals surface area (Å²) in [5.41, 5.74) is 1.81. The Morgan fingerprint density at radius 2 is 1.61 bits per heavy atom. The molecule has 0 aromatic heterocycles. The Morgan fingerprint density at radius 3 is 2.39 bits per heavy atom. The molecule has 2 amide bonds. The molecule has 0 spiro atoms. The van der Waals surface area contributed by atoms with Crippen molar-refractivity contribution in [2.45, 2.75) is 4.90 Å². The van der Waals surface area contributed by atoms with Crippen molar-refractivity contribution in [2.24, 2.45) is 0 Å². The van der Waals surface area contributed by atoms with Crippen LogP contribution < -0.4 is 20.1 Å². The molecule has 31 heavy (non-hydrogen) atoms. The van der Waals surface area contributed by atoms with Crippen molar-refractivity contribution >= 4 is 46.6 Å². The largest absolute Gasteiger partial charge is 0.486 e. The minimum absolute atomic E-state index is 0.125. The molecule has 0 atom stereocenters. The first-order valence-corrected chi connectivity index (χ1v) is 10.9. The Hall–Kier alpha value is -3.16. The van der Waals surface area contributed by atoms with E-state index in [4.69, 9.17) is 21.1 Å². The third-order valence-electron chi connectivity index (χ3n) is 4.39. The van der Waals surface area contributed by atoms with E-state index in [0.29, 0.717) is 46.7 Å². The number of hydrogen-bond donors (Lipinski definition) is 2. The summed E-state index contributed by atoms with van der Waals surface area (Å²) in [5.74, 6) is 1.21. The van der Waals surface area contributed by atoms with Crippen molar-refractivity contribution in [1.82, 2.24) is 0 Å². The van der Waals surface area contributed by atoms with Gasteiger partial charge in [-0.2, -0.15) is 0 Å². The van der Waals surface area contributed by atoms with Gasteiger partial charge in [-0.25, -0.2) is 0 Å². The zero-order valence-electron chi connectivity index (χ0n) is 16.4. The van der Waals surface area contributed by atoms with Crippen LogP contribution in [0.1, 0.15) is 10.4 Å². The Bertz CT molecular complexity index is 1100. The second-order valence-electron chi connectivity index (χ2n) is 6.68. The normalized spacial score (nSPS) is 12.2. The average molecular weight is 455 g/mol. The average Bonchev–Trinajstić information content (AvgIpc) is 2.78. The molecule has 3 aromatic rings.